The lowest BCUT2D eigenvalue weighted by Gasteiger charge is -2.07. The quantitative estimate of drug-likeness (QED) is 0.846. The van der Waals surface area contributed by atoms with Crippen molar-refractivity contribution in [3.63, 3.8) is 0 Å². The number of hydrogen-bond acceptors (Lipinski definition) is 2. The van der Waals surface area contributed by atoms with Crippen LogP contribution in [0.1, 0.15) is 11.1 Å². The van der Waals surface area contributed by atoms with Crippen molar-refractivity contribution in [1.82, 2.24) is 0 Å². The van der Waals surface area contributed by atoms with Crippen LogP contribution in [0.25, 0.3) is 0 Å². The van der Waals surface area contributed by atoms with Crippen molar-refractivity contribution in [1.29, 1.82) is 5.26 Å². The zero-order valence-corrected chi connectivity index (χ0v) is 9.37. The standard InChI is InChI=1S/C14H11FN2/c1-10-7-13(5-6-14(10)15)17-12-4-2-3-11(8-12)9-16/h2-8,17H,1H3. The number of benzene rings is 2. The maximum absolute atomic E-state index is 13.1. The van der Waals surface area contributed by atoms with E-state index in [2.05, 4.69) is 11.4 Å². The summed E-state index contributed by atoms with van der Waals surface area (Å²) in [6.07, 6.45) is 0. The normalized spacial score (nSPS) is 9.71. The summed E-state index contributed by atoms with van der Waals surface area (Å²) in [5, 5.41) is 11.9. The monoisotopic (exact) mass is 226 g/mol. The summed E-state index contributed by atoms with van der Waals surface area (Å²) < 4.78 is 13.1. The summed E-state index contributed by atoms with van der Waals surface area (Å²) in [7, 11) is 0. The van der Waals surface area contributed by atoms with Crippen LogP contribution in [-0.2, 0) is 0 Å². The van der Waals surface area contributed by atoms with Crippen molar-refractivity contribution in [2.75, 3.05) is 5.32 Å². The molecule has 0 heterocycles. The Morgan fingerprint density at radius 3 is 2.59 bits per heavy atom. The molecule has 2 aromatic carbocycles. The van der Waals surface area contributed by atoms with Crippen LogP contribution in [0.4, 0.5) is 15.8 Å². The van der Waals surface area contributed by atoms with E-state index in [4.69, 9.17) is 5.26 Å². The Morgan fingerprint density at radius 1 is 1.12 bits per heavy atom. The molecule has 0 aliphatic carbocycles. The van der Waals surface area contributed by atoms with Crippen LogP contribution in [-0.4, -0.2) is 0 Å². The summed E-state index contributed by atoms with van der Waals surface area (Å²) in [6.45, 7) is 1.71. The van der Waals surface area contributed by atoms with Gasteiger partial charge in [0.1, 0.15) is 5.82 Å². The van der Waals surface area contributed by atoms with Crippen molar-refractivity contribution in [3.05, 3.63) is 59.4 Å². The second-order valence-electron chi connectivity index (χ2n) is 3.78. The lowest BCUT2D eigenvalue weighted by atomic mass is 10.2. The van der Waals surface area contributed by atoms with E-state index >= 15 is 0 Å². The fraction of sp³-hybridized carbons (Fsp3) is 0.0714. The number of anilines is 2. The van der Waals surface area contributed by atoms with Gasteiger partial charge in [-0.2, -0.15) is 5.26 Å². The Kier molecular flexibility index (Phi) is 3.06. The summed E-state index contributed by atoms with van der Waals surface area (Å²) in [5.41, 5.74) is 2.80. The lowest BCUT2D eigenvalue weighted by Crippen LogP contribution is -1.92. The van der Waals surface area contributed by atoms with Crippen LogP contribution in [0.5, 0.6) is 0 Å². The molecule has 0 atom stereocenters. The molecule has 0 aliphatic heterocycles. The van der Waals surface area contributed by atoms with Gasteiger partial charge in [0.25, 0.3) is 0 Å². The highest BCUT2D eigenvalue weighted by Crippen LogP contribution is 2.19. The fourth-order valence-electron chi connectivity index (χ4n) is 1.56. The van der Waals surface area contributed by atoms with Gasteiger partial charge >= 0.3 is 0 Å². The first-order valence-corrected chi connectivity index (χ1v) is 5.22. The Hall–Kier alpha value is -2.34. The molecule has 0 aromatic heterocycles. The second-order valence-corrected chi connectivity index (χ2v) is 3.78. The molecular weight excluding hydrogens is 215 g/mol. The zero-order valence-electron chi connectivity index (χ0n) is 9.37. The van der Waals surface area contributed by atoms with Crippen molar-refractivity contribution >= 4 is 11.4 Å². The molecule has 0 amide bonds. The van der Waals surface area contributed by atoms with E-state index in [1.165, 1.54) is 6.07 Å². The van der Waals surface area contributed by atoms with Gasteiger partial charge in [0.2, 0.25) is 0 Å². The minimum atomic E-state index is -0.221. The first-order chi connectivity index (χ1) is 8.19. The number of nitrogens with one attached hydrogen (secondary N) is 1. The molecule has 84 valence electrons. The predicted octanol–water partition coefficient (Wildman–Crippen LogP) is 3.75. The molecule has 0 aliphatic rings. The largest absolute Gasteiger partial charge is 0.355 e. The third-order valence-electron chi connectivity index (χ3n) is 2.44. The van der Waals surface area contributed by atoms with Gasteiger partial charge < -0.3 is 5.32 Å². The van der Waals surface area contributed by atoms with Crippen LogP contribution in [0, 0.1) is 24.1 Å². The third-order valence-corrected chi connectivity index (χ3v) is 2.44. The molecule has 3 heteroatoms. The minimum absolute atomic E-state index is 0.221. The van der Waals surface area contributed by atoms with E-state index < -0.39 is 0 Å². The van der Waals surface area contributed by atoms with E-state index in [0.717, 1.165) is 11.4 Å². The molecule has 2 aromatic rings. The van der Waals surface area contributed by atoms with Gasteiger partial charge in [-0.05, 0) is 48.9 Å². The summed E-state index contributed by atoms with van der Waals surface area (Å²) in [6, 6.07) is 14.0. The van der Waals surface area contributed by atoms with E-state index in [9.17, 15) is 4.39 Å². The van der Waals surface area contributed by atoms with Crippen LogP contribution in [0.15, 0.2) is 42.5 Å². The molecule has 0 unspecified atom stereocenters. The topological polar surface area (TPSA) is 35.8 Å². The third kappa shape index (κ3) is 2.61. The van der Waals surface area contributed by atoms with Crippen molar-refractivity contribution in [2.45, 2.75) is 6.92 Å². The van der Waals surface area contributed by atoms with Gasteiger partial charge in [-0.15, -0.1) is 0 Å². The molecule has 0 bridgehead atoms. The van der Waals surface area contributed by atoms with E-state index in [1.807, 2.05) is 6.07 Å². The lowest BCUT2D eigenvalue weighted by molar-refractivity contribution is 0.619. The van der Waals surface area contributed by atoms with Crippen LogP contribution in [0.3, 0.4) is 0 Å². The molecule has 1 N–H and O–H groups in total. The SMILES string of the molecule is Cc1cc(Nc2cccc(C#N)c2)ccc1F. The molecule has 0 saturated heterocycles. The minimum Gasteiger partial charge on any atom is -0.355 e. The molecule has 0 saturated carbocycles. The molecule has 2 nitrogen and oxygen atoms in total. The fourth-order valence-corrected chi connectivity index (χ4v) is 1.56. The maximum atomic E-state index is 13.1. The predicted molar refractivity (Wildman–Crippen MR) is 65.6 cm³/mol. The van der Waals surface area contributed by atoms with Crippen molar-refractivity contribution in [2.24, 2.45) is 0 Å². The second kappa shape index (κ2) is 4.67. The smallest absolute Gasteiger partial charge is 0.126 e. The zero-order chi connectivity index (χ0) is 12.3. The van der Waals surface area contributed by atoms with Gasteiger partial charge in [-0.1, -0.05) is 6.07 Å². The van der Waals surface area contributed by atoms with E-state index in [0.29, 0.717) is 11.1 Å². The molecule has 17 heavy (non-hydrogen) atoms. The first kappa shape index (κ1) is 11.2. The van der Waals surface area contributed by atoms with Crippen LogP contribution >= 0.6 is 0 Å². The Bertz CT molecular complexity index is 585. The number of aryl methyl sites for hydroxylation is 1. The highest BCUT2D eigenvalue weighted by Gasteiger charge is 2.00. The molecule has 0 radical (unpaired) electrons. The molecule has 0 spiro atoms. The Morgan fingerprint density at radius 2 is 1.88 bits per heavy atom. The highest BCUT2D eigenvalue weighted by molar-refractivity contribution is 5.61. The summed E-state index contributed by atoms with van der Waals surface area (Å²) in [4.78, 5) is 0. The molecule has 2 rings (SSSR count). The van der Waals surface area contributed by atoms with E-state index in [-0.39, 0.29) is 5.82 Å². The van der Waals surface area contributed by atoms with Crippen LogP contribution in [0.2, 0.25) is 0 Å². The number of hydrogen-bond donors (Lipinski definition) is 1. The number of rotatable bonds is 2. The molecular formula is C14H11FN2. The van der Waals surface area contributed by atoms with Crippen LogP contribution < -0.4 is 5.32 Å². The van der Waals surface area contributed by atoms with Gasteiger partial charge in [0, 0.05) is 11.4 Å². The van der Waals surface area contributed by atoms with Gasteiger partial charge in [-0.3, -0.25) is 0 Å². The van der Waals surface area contributed by atoms with E-state index in [1.54, 1.807) is 37.3 Å². The first-order valence-electron chi connectivity index (χ1n) is 5.22. The number of nitrogens with zero attached hydrogens (tertiary/aromatic N) is 1. The summed E-state index contributed by atoms with van der Waals surface area (Å²) in [5.74, 6) is -0.221. The van der Waals surface area contributed by atoms with Crippen molar-refractivity contribution in [3.8, 4) is 6.07 Å². The Labute approximate surface area is 99.3 Å². The summed E-state index contributed by atoms with van der Waals surface area (Å²) >= 11 is 0. The highest BCUT2D eigenvalue weighted by atomic mass is 19.1. The van der Waals surface area contributed by atoms with Crippen molar-refractivity contribution < 1.29 is 4.39 Å². The van der Waals surface area contributed by atoms with Gasteiger partial charge in [-0.25, -0.2) is 4.39 Å². The molecule has 0 fully saturated rings. The average molecular weight is 226 g/mol. The number of halogens is 1. The number of nitriles is 1. The Balaban J connectivity index is 2.25. The van der Waals surface area contributed by atoms with Gasteiger partial charge in [0.05, 0.1) is 11.6 Å². The average Bonchev–Trinajstić information content (AvgIpc) is 2.34. The van der Waals surface area contributed by atoms with Gasteiger partial charge in [0.15, 0.2) is 0 Å². The maximum Gasteiger partial charge on any atom is 0.126 e.